The Morgan fingerprint density at radius 2 is 2.27 bits per heavy atom. The Kier molecular flexibility index (Phi) is 4.09. The number of hydrogen-bond donors (Lipinski definition) is 0. The molecule has 0 amide bonds. The lowest BCUT2D eigenvalue weighted by Crippen LogP contribution is -2.28. The van der Waals surface area contributed by atoms with Crippen molar-refractivity contribution in [2.24, 2.45) is 0 Å². The Balaban J connectivity index is 2.76. The molecule has 0 radical (unpaired) electrons. The molecule has 1 aromatic rings. The first-order chi connectivity index (χ1) is 7.16. The molecule has 0 fully saturated rings. The van der Waals surface area contributed by atoms with Crippen molar-refractivity contribution in [2.45, 2.75) is 26.3 Å². The van der Waals surface area contributed by atoms with Crippen LogP contribution in [0.3, 0.4) is 0 Å². The van der Waals surface area contributed by atoms with Gasteiger partial charge in [-0.05, 0) is 19.4 Å². The van der Waals surface area contributed by atoms with E-state index in [-0.39, 0.29) is 11.5 Å². The van der Waals surface area contributed by atoms with Gasteiger partial charge < -0.3 is 9.30 Å². The summed E-state index contributed by atoms with van der Waals surface area (Å²) in [6.07, 6.45) is 2.36. The van der Waals surface area contributed by atoms with Crippen molar-refractivity contribution in [1.29, 1.82) is 0 Å². The van der Waals surface area contributed by atoms with Gasteiger partial charge in [0.15, 0.2) is 0 Å². The first-order valence-corrected chi connectivity index (χ1v) is 5.00. The van der Waals surface area contributed by atoms with Crippen molar-refractivity contribution in [1.82, 2.24) is 4.57 Å². The summed E-state index contributed by atoms with van der Waals surface area (Å²) in [7, 11) is 0. The van der Waals surface area contributed by atoms with Crippen molar-refractivity contribution < 1.29 is 9.53 Å². The van der Waals surface area contributed by atoms with Crippen molar-refractivity contribution in [2.75, 3.05) is 6.61 Å². The van der Waals surface area contributed by atoms with Crippen LogP contribution in [0, 0.1) is 0 Å². The lowest BCUT2D eigenvalue weighted by molar-refractivity contribution is -0.147. The van der Waals surface area contributed by atoms with E-state index in [0.29, 0.717) is 6.61 Å². The zero-order valence-corrected chi connectivity index (χ0v) is 8.97. The maximum atomic E-state index is 11.5. The summed E-state index contributed by atoms with van der Waals surface area (Å²) in [5.41, 5.74) is -0.196. The van der Waals surface area contributed by atoms with E-state index in [0.717, 1.165) is 6.42 Å². The predicted octanol–water partition coefficient (Wildman–Crippen LogP) is 1.36. The van der Waals surface area contributed by atoms with Crippen LogP contribution < -0.4 is 5.56 Å². The largest absolute Gasteiger partial charge is 0.464 e. The third-order valence-corrected chi connectivity index (χ3v) is 2.06. The smallest absolute Gasteiger partial charge is 0.328 e. The normalized spacial score (nSPS) is 12.1. The van der Waals surface area contributed by atoms with Crippen molar-refractivity contribution in [3.05, 3.63) is 34.7 Å². The molecule has 0 aliphatic rings. The maximum absolute atomic E-state index is 11.5. The highest BCUT2D eigenvalue weighted by molar-refractivity contribution is 5.73. The third-order valence-electron chi connectivity index (χ3n) is 2.06. The number of pyridine rings is 1. The van der Waals surface area contributed by atoms with Crippen LogP contribution in [0.15, 0.2) is 29.2 Å². The van der Waals surface area contributed by atoms with Crippen LogP contribution >= 0.6 is 0 Å². The second kappa shape index (κ2) is 5.34. The van der Waals surface area contributed by atoms with E-state index in [1.165, 1.54) is 10.6 Å². The molecule has 1 unspecified atom stereocenters. The molecule has 82 valence electrons. The molecule has 0 aliphatic carbocycles. The highest BCUT2D eigenvalue weighted by Gasteiger charge is 2.16. The molecule has 0 saturated carbocycles. The van der Waals surface area contributed by atoms with E-state index in [2.05, 4.69) is 0 Å². The van der Waals surface area contributed by atoms with Crippen LogP contribution in [-0.2, 0) is 9.53 Å². The van der Waals surface area contributed by atoms with Crippen LogP contribution in [0.4, 0.5) is 0 Å². The van der Waals surface area contributed by atoms with Gasteiger partial charge in [-0.15, -0.1) is 0 Å². The minimum atomic E-state index is -0.565. The van der Waals surface area contributed by atoms with Crippen LogP contribution in [0.1, 0.15) is 26.3 Å². The topological polar surface area (TPSA) is 48.3 Å². The number of nitrogens with zero attached hydrogens (tertiary/aromatic N) is 1. The first kappa shape index (κ1) is 11.5. The van der Waals surface area contributed by atoms with Gasteiger partial charge in [0.1, 0.15) is 6.04 Å². The minimum Gasteiger partial charge on any atom is -0.464 e. The molecule has 0 bridgehead atoms. The second-order valence-corrected chi connectivity index (χ2v) is 3.29. The Hall–Kier alpha value is -1.58. The van der Waals surface area contributed by atoms with Gasteiger partial charge >= 0.3 is 5.97 Å². The van der Waals surface area contributed by atoms with Crippen molar-refractivity contribution in [3.63, 3.8) is 0 Å². The molecule has 0 spiro atoms. The molecular weight excluding hydrogens is 194 g/mol. The summed E-state index contributed by atoms with van der Waals surface area (Å²) < 4.78 is 6.32. The zero-order valence-electron chi connectivity index (χ0n) is 8.97. The molecule has 1 atom stereocenters. The van der Waals surface area contributed by atoms with E-state index in [1.807, 2.05) is 6.92 Å². The Morgan fingerprint density at radius 1 is 1.53 bits per heavy atom. The lowest BCUT2D eigenvalue weighted by Gasteiger charge is -2.13. The molecular formula is C11H15NO3. The van der Waals surface area contributed by atoms with Crippen LogP contribution in [-0.4, -0.2) is 17.1 Å². The molecule has 4 nitrogen and oxygen atoms in total. The Labute approximate surface area is 88.5 Å². The summed E-state index contributed by atoms with van der Waals surface area (Å²) in [6, 6.07) is 4.21. The maximum Gasteiger partial charge on any atom is 0.328 e. The summed E-state index contributed by atoms with van der Waals surface area (Å²) in [5.74, 6) is -0.370. The fourth-order valence-corrected chi connectivity index (χ4v) is 1.20. The van der Waals surface area contributed by atoms with E-state index in [4.69, 9.17) is 4.74 Å². The number of aromatic nitrogens is 1. The number of ether oxygens (including phenoxy) is 1. The average molecular weight is 209 g/mol. The molecule has 0 aromatic carbocycles. The Bertz CT molecular complexity index is 383. The summed E-state index contributed by atoms with van der Waals surface area (Å²) in [6.45, 7) is 3.97. The molecule has 1 rings (SSSR count). The van der Waals surface area contributed by atoms with Crippen LogP contribution in [0.25, 0.3) is 0 Å². The number of carbonyl (C=O) groups is 1. The van der Waals surface area contributed by atoms with Gasteiger partial charge in [0, 0.05) is 12.3 Å². The quantitative estimate of drug-likeness (QED) is 0.703. The second-order valence-electron chi connectivity index (χ2n) is 3.29. The molecule has 0 N–H and O–H groups in total. The molecule has 4 heteroatoms. The van der Waals surface area contributed by atoms with Crippen molar-refractivity contribution >= 4 is 5.97 Å². The van der Waals surface area contributed by atoms with E-state index in [9.17, 15) is 9.59 Å². The SMILES string of the molecule is CCCOC(=O)C(C)n1ccccc1=O. The van der Waals surface area contributed by atoms with Gasteiger partial charge in [-0.3, -0.25) is 4.79 Å². The number of rotatable bonds is 4. The van der Waals surface area contributed by atoms with Crippen LogP contribution in [0.5, 0.6) is 0 Å². The highest BCUT2D eigenvalue weighted by Crippen LogP contribution is 2.04. The lowest BCUT2D eigenvalue weighted by atomic mass is 10.3. The van der Waals surface area contributed by atoms with E-state index in [1.54, 1.807) is 25.3 Å². The monoisotopic (exact) mass is 209 g/mol. The minimum absolute atomic E-state index is 0.196. The summed E-state index contributed by atoms with van der Waals surface area (Å²) in [4.78, 5) is 22.9. The van der Waals surface area contributed by atoms with Gasteiger partial charge in [0.2, 0.25) is 0 Å². The molecule has 0 aliphatic heterocycles. The van der Waals surface area contributed by atoms with Gasteiger partial charge in [-0.25, -0.2) is 4.79 Å². The number of hydrogen-bond acceptors (Lipinski definition) is 3. The zero-order chi connectivity index (χ0) is 11.3. The van der Waals surface area contributed by atoms with Crippen LogP contribution in [0.2, 0.25) is 0 Å². The molecule has 1 aromatic heterocycles. The fraction of sp³-hybridized carbons (Fsp3) is 0.455. The van der Waals surface area contributed by atoms with Gasteiger partial charge in [0.05, 0.1) is 6.61 Å². The summed E-state index contributed by atoms with van der Waals surface area (Å²) in [5, 5.41) is 0. The standard InChI is InChI=1S/C11H15NO3/c1-3-8-15-11(14)9(2)12-7-5-4-6-10(12)13/h4-7,9H,3,8H2,1-2H3. The fourth-order valence-electron chi connectivity index (χ4n) is 1.20. The number of carbonyl (C=O) groups excluding carboxylic acids is 1. The van der Waals surface area contributed by atoms with E-state index >= 15 is 0 Å². The summed E-state index contributed by atoms with van der Waals surface area (Å²) >= 11 is 0. The highest BCUT2D eigenvalue weighted by atomic mass is 16.5. The first-order valence-electron chi connectivity index (χ1n) is 5.00. The number of esters is 1. The third kappa shape index (κ3) is 2.94. The van der Waals surface area contributed by atoms with E-state index < -0.39 is 6.04 Å². The predicted molar refractivity (Wildman–Crippen MR) is 56.7 cm³/mol. The average Bonchev–Trinajstić information content (AvgIpc) is 2.25. The van der Waals surface area contributed by atoms with Crippen molar-refractivity contribution in [3.8, 4) is 0 Å². The van der Waals surface area contributed by atoms with Gasteiger partial charge in [-0.1, -0.05) is 13.0 Å². The van der Waals surface area contributed by atoms with Gasteiger partial charge in [-0.2, -0.15) is 0 Å². The molecule has 15 heavy (non-hydrogen) atoms. The molecule has 0 saturated heterocycles. The molecule has 1 heterocycles. The Morgan fingerprint density at radius 3 is 2.87 bits per heavy atom. The van der Waals surface area contributed by atoms with Gasteiger partial charge in [0.25, 0.3) is 5.56 Å².